The summed E-state index contributed by atoms with van der Waals surface area (Å²) in [5.74, 6) is 1.08. The molecule has 0 radical (unpaired) electrons. The van der Waals surface area contributed by atoms with E-state index < -0.39 is 0 Å². The van der Waals surface area contributed by atoms with Gasteiger partial charge in [-0.15, -0.1) is 4.68 Å². The molecule has 0 spiro atoms. The van der Waals surface area contributed by atoms with Gasteiger partial charge in [0.15, 0.2) is 0 Å². The van der Waals surface area contributed by atoms with E-state index in [2.05, 4.69) is 95.8 Å². The van der Waals surface area contributed by atoms with Crippen molar-refractivity contribution in [3.8, 4) is 0 Å². The van der Waals surface area contributed by atoms with Crippen LogP contribution < -0.4 is 17.0 Å². The van der Waals surface area contributed by atoms with Crippen molar-refractivity contribution in [2.75, 3.05) is 0 Å². The fourth-order valence-corrected chi connectivity index (χ4v) is 3.13. The molecule has 0 aliphatic heterocycles. The molecule has 4 heteroatoms. The lowest BCUT2D eigenvalue weighted by Crippen LogP contribution is -3.00. The normalized spacial score (nSPS) is 10.4. The molecule has 0 saturated heterocycles. The molecule has 3 aromatic carbocycles. The molecule has 3 nitrogen and oxygen atoms in total. The largest absolute Gasteiger partial charge is 1.00 e. The van der Waals surface area contributed by atoms with Crippen LogP contribution in [0.1, 0.15) is 22.5 Å². The van der Waals surface area contributed by atoms with Gasteiger partial charge in [0, 0.05) is 5.10 Å². The van der Waals surface area contributed by atoms with Gasteiger partial charge in [0.05, 0.1) is 13.0 Å². The summed E-state index contributed by atoms with van der Waals surface area (Å²) < 4.78 is 4.29. The van der Waals surface area contributed by atoms with E-state index in [1.165, 1.54) is 16.7 Å². The first-order valence-electron chi connectivity index (χ1n) is 8.94. The number of benzene rings is 3. The van der Waals surface area contributed by atoms with E-state index in [9.17, 15) is 0 Å². The molecule has 0 amide bonds. The van der Waals surface area contributed by atoms with Crippen LogP contribution in [0.25, 0.3) is 0 Å². The van der Waals surface area contributed by atoms with Crippen molar-refractivity contribution >= 4 is 0 Å². The van der Waals surface area contributed by atoms with Crippen molar-refractivity contribution in [2.45, 2.75) is 19.5 Å². The van der Waals surface area contributed by atoms with Crippen LogP contribution in [0.2, 0.25) is 0 Å². The molecule has 0 aliphatic carbocycles. The first kappa shape index (κ1) is 18.9. The third kappa shape index (κ3) is 5.05. The Morgan fingerprint density at radius 2 is 1.19 bits per heavy atom. The zero-order chi connectivity index (χ0) is 17.6. The van der Waals surface area contributed by atoms with E-state index in [0.717, 1.165) is 25.3 Å². The van der Waals surface area contributed by atoms with Crippen LogP contribution in [0.15, 0.2) is 97.3 Å². The molecule has 0 N–H and O–H groups in total. The summed E-state index contributed by atoms with van der Waals surface area (Å²) in [6.45, 7) is 1.61. The van der Waals surface area contributed by atoms with Gasteiger partial charge in [-0.1, -0.05) is 91.0 Å². The highest BCUT2D eigenvalue weighted by molar-refractivity contribution is 5.18. The van der Waals surface area contributed by atoms with Crippen molar-refractivity contribution in [1.82, 2.24) is 9.78 Å². The SMILES string of the molecule is [Cl-].c1ccc(Cc2nn(Cc3ccccc3)c[n+]2Cc2ccccc2)cc1. The molecule has 136 valence electrons. The number of hydrogen-bond donors (Lipinski definition) is 0. The lowest BCUT2D eigenvalue weighted by molar-refractivity contribution is -0.696. The van der Waals surface area contributed by atoms with Crippen molar-refractivity contribution in [1.29, 1.82) is 0 Å². The van der Waals surface area contributed by atoms with Crippen molar-refractivity contribution < 1.29 is 17.0 Å². The van der Waals surface area contributed by atoms with E-state index in [0.29, 0.717) is 0 Å². The van der Waals surface area contributed by atoms with Crippen LogP contribution in [0, 0.1) is 0 Å². The van der Waals surface area contributed by atoms with Crippen LogP contribution in [0.4, 0.5) is 0 Å². The second kappa shape index (κ2) is 9.15. The molecule has 27 heavy (non-hydrogen) atoms. The highest BCUT2D eigenvalue weighted by atomic mass is 35.5. The number of aromatic nitrogens is 3. The third-order valence-electron chi connectivity index (χ3n) is 4.44. The second-order valence-corrected chi connectivity index (χ2v) is 6.49. The Labute approximate surface area is 166 Å². The maximum atomic E-state index is 4.88. The Kier molecular flexibility index (Phi) is 6.39. The molecule has 1 heterocycles. The Bertz CT molecular complexity index is 892. The zero-order valence-electron chi connectivity index (χ0n) is 15.1. The monoisotopic (exact) mass is 375 g/mol. The van der Waals surface area contributed by atoms with Crippen LogP contribution in [0.5, 0.6) is 0 Å². The lowest BCUT2D eigenvalue weighted by atomic mass is 10.1. The van der Waals surface area contributed by atoms with Gasteiger partial charge >= 0.3 is 0 Å². The Balaban J connectivity index is 0.00000210. The van der Waals surface area contributed by atoms with E-state index in [4.69, 9.17) is 5.10 Å². The maximum Gasteiger partial charge on any atom is 0.282 e. The molecule has 0 saturated carbocycles. The summed E-state index contributed by atoms with van der Waals surface area (Å²) in [5.41, 5.74) is 3.82. The van der Waals surface area contributed by atoms with E-state index in [-0.39, 0.29) is 12.4 Å². The van der Waals surface area contributed by atoms with Crippen molar-refractivity contribution in [2.24, 2.45) is 0 Å². The molecule has 0 fully saturated rings. The second-order valence-electron chi connectivity index (χ2n) is 6.49. The first-order chi connectivity index (χ1) is 12.9. The molecule has 0 aliphatic rings. The Morgan fingerprint density at radius 3 is 1.78 bits per heavy atom. The maximum absolute atomic E-state index is 4.88. The molecule has 0 bridgehead atoms. The van der Waals surface area contributed by atoms with Gasteiger partial charge in [0.1, 0.15) is 6.54 Å². The summed E-state index contributed by atoms with van der Waals surface area (Å²) in [5, 5.41) is 4.88. The summed E-state index contributed by atoms with van der Waals surface area (Å²) in [6.07, 6.45) is 2.95. The zero-order valence-corrected chi connectivity index (χ0v) is 15.8. The van der Waals surface area contributed by atoms with Gasteiger partial charge in [-0.05, 0) is 16.7 Å². The summed E-state index contributed by atoms with van der Waals surface area (Å²) in [6, 6.07) is 31.5. The van der Waals surface area contributed by atoms with Gasteiger partial charge in [-0.2, -0.15) is 0 Å². The van der Waals surface area contributed by atoms with Crippen LogP contribution >= 0.6 is 0 Å². The highest BCUT2D eigenvalue weighted by Gasteiger charge is 2.18. The number of rotatable bonds is 6. The molecular formula is C23H22ClN3. The first-order valence-corrected chi connectivity index (χ1v) is 8.94. The van der Waals surface area contributed by atoms with Crippen LogP contribution in [-0.4, -0.2) is 9.78 Å². The minimum Gasteiger partial charge on any atom is -1.00 e. The summed E-state index contributed by atoms with van der Waals surface area (Å²) in [4.78, 5) is 0. The van der Waals surface area contributed by atoms with Gasteiger partial charge in [0.25, 0.3) is 5.82 Å². The van der Waals surface area contributed by atoms with Crippen molar-refractivity contribution in [3.63, 3.8) is 0 Å². The highest BCUT2D eigenvalue weighted by Crippen LogP contribution is 2.07. The van der Waals surface area contributed by atoms with Gasteiger partial charge < -0.3 is 12.4 Å². The van der Waals surface area contributed by atoms with E-state index in [1.807, 2.05) is 10.7 Å². The minimum absolute atomic E-state index is 0. The van der Waals surface area contributed by atoms with Crippen LogP contribution in [-0.2, 0) is 19.5 Å². The predicted molar refractivity (Wildman–Crippen MR) is 103 cm³/mol. The average molecular weight is 376 g/mol. The minimum atomic E-state index is 0. The van der Waals surface area contributed by atoms with E-state index in [1.54, 1.807) is 0 Å². The molecular weight excluding hydrogens is 354 g/mol. The topological polar surface area (TPSA) is 21.7 Å². The molecule has 0 atom stereocenters. The predicted octanol–water partition coefficient (Wildman–Crippen LogP) is 0.862. The molecule has 1 aromatic heterocycles. The fraction of sp³-hybridized carbons (Fsp3) is 0.130. The third-order valence-corrected chi connectivity index (χ3v) is 4.44. The summed E-state index contributed by atoms with van der Waals surface area (Å²) in [7, 11) is 0. The Hall–Kier alpha value is -2.91. The quantitative estimate of drug-likeness (QED) is 0.458. The fourth-order valence-electron chi connectivity index (χ4n) is 3.13. The number of nitrogens with zero attached hydrogens (tertiary/aromatic N) is 3. The van der Waals surface area contributed by atoms with Gasteiger partial charge in [-0.3, -0.25) is 0 Å². The smallest absolute Gasteiger partial charge is 0.282 e. The van der Waals surface area contributed by atoms with Gasteiger partial charge in [-0.25, -0.2) is 4.57 Å². The van der Waals surface area contributed by atoms with Crippen LogP contribution in [0.3, 0.4) is 0 Å². The average Bonchev–Trinajstić information content (AvgIpc) is 3.05. The summed E-state index contributed by atoms with van der Waals surface area (Å²) >= 11 is 0. The molecule has 4 aromatic rings. The van der Waals surface area contributed by atoms with E-state index >= 15 is 0 Å². The van der Waals surface area contributed by atoms with Crippen molar-refractivity contribution in [3.05, 3.63) is 120 Å². The number of hydrogen-bond acceptors (Lipinski definition) is 1. The van der Waals surface area contributed by atoms with Gasteiger partial charge in [0.2, 0.25) is 6.33 Å². The lowest BCUT2D eigenvalue weighted by Gasteiger charge is -2.01. The Morgan fingerprint density at radius 1 is 0.667 bits per heavy atom. The molecule has 0 unspecified atom stereocenters. The number of halogens is 1. The molecule has 4 rings (SSSR count). The standard InChI is InChI=1S/C23H22N3.ClH/c1-4-10-20(11-5-1)16-23-24-26(18-22-14-8-3-9-15-22)19-25(23)17-21-12-6-2-7-13-21;/h1-15,19H,16-18H2;1H/q+1;/p-1.